The zero-order valence-corrected chi connectivity index (χ0v) is 9.73. The average Bonchev–Trinajstić information content (AvgIpc) is 2.37. The minimum absolute atomic E-state index is 0.225. The van der Waals surface area contributed by atoms with Crippen LogP contribution in [0.15, 0.2) is 35.8 Å². The van der Waals surface area contributed by atoms with E-state index in [1.54, 1.807) is 31.2 Å². The number of benzene rings is 1. The maximum atomic E-state index is 10.7. The number of ether oxygens (including phenoxy) is 1. The Hall–Kier alpha value is -2.65. The molecule has 0 radical (unpaired) electrons. The number of carbonyl (C=O) groups is 1. The third-order valence-electron chi connectivity index (χ3n) is 1.95. The lowest BCUT2D eigenvalue weighted by Crippen LogP contribution is -2.31. The minimum Gasteiger partial charge on any atom is -0.476 e. The van der Waals surface area contributed by atoms with E-state index in [1.165, 1.54) is 0 Å². The molecule has 94 valence electrons. The van der Waals surface area contributed by atoms with Crippen molar-refractivity contribution in [3.05, 3.63) is 41.4 Å². The minimum atomic E-state index is -1.32. The van der Waals surface area contributed by atoms with E-state index in [4.69, 9.17) is 21.4 Å². The summed E-state index contributed by atoms with van der Waals surface area (Å²) in [5.41, 5.74) is 7.70. The van der Waals surface area contributed by atoms with Crippen molar-refractivity contribution < 1.29 is 14.6 Å². The molecule has 0 saturated heterocycles. The van der Waals surface area contributed by atoms with E-state index in [0.29, 0.717) is 5.75 Å². The van der Waals surface area contributed by atoms with Crippen LogP contribution in [0.5, 0.6) is 5.75 Å². The van der Waals surface area contributed by atoms with E-state index < -0.39 is 11.7 Å². The molecule has 0 fully saturated rings. The van der Waals surface area contributed by atoms with Crippen LogP contribution in [0.1, 0.15) is 12.5 Å². The van der Waals surface area contributed by atoms with Crippen LogP contribution in [0, 0.1) is 11.8 Å². The second-order valence-corrected chi connectivity index (χ2v) is 3.19. The van der Waals surface area contributed by atoms with E-state index in [2.05, 4.69) is 17.3 Å². The summed E-state index contributed by atoms with van der Waals surface area (Å²) in [7, 11) is 0. The standard InChI is InChI=1S/C12H13N3O3/c1-2-3-8-4-6-9(7-5-8)18-11(15-14)10(13)12(16)17/h4-7,15H,13-14H2,1H3,(H,16,17)/b11-10+. The van der Waals surface area contributed by atoms with Gasteiger partial charge in [-0.2, -0.15) is 0 Å². The number of nitrogens with one attached hydrogen (secondary N) is 1. The van der Waals surface area contributed by atoms with Gasteiger partial charge < -0.3 is 15.6 Å². The van der Waals surface area contributed by atoms with Crippen molar-refractivity contribution in [1.82, 2.24) is 5.43 Å². The predicted molar refractivity (Wildman–Crippen MR) is 65.8 cm³/mol. The summed E-state index contributed by atoms with van der Waals surface area (Å²) in [5.74, 6) is 9.61. The molecule has 1 rings (SSSR count). The number of rotatable bonds is 4. The lowest BCUT2D eigenvalue weighted by atomic mass is 10.2. The van der Waals surface area contributed by atoms with Gasteiger partial charge in [-0.3, -0.25) is 5.43 Å². The Morgan fingerprint density at radius 3 is 2.44 bits per heavy atom. The quantitative estimate of drug-likeness (QED) is 0.198. The van der Waals surface area contributed by atoms with Crippen molar-refractivity contribution in [2.75, 3.05) is 0 Å². The average molecular weight is 247 g/mol. The highest BCUT2D eigenvalue weighted by atomic mass is 16.5. The molecule has 0 atom stereocenters. The molecule has 6 N–H and O–H groups in total. The fourth-order valence-electron chi connectivity index (χ4n) is 1.13. The van der Waals surface area contributed by atoms with Gasteiger partial charge in [0, 0.05) is 5.56 Å². The highest BCUT2D eigenvalue weighted by molar-refractivity contribution is 5.85. The molecule has 6 nitrogen and oxygen atoms in total. The van der Waals surface area contributed by atoms with Crippen molar-refractivity contribution >= 4 is 5.97 Å². The monoisotopic (exact) mass is 247 g/mol. The summed E-state index contributed by atoms with van der Waals surface area (Å²) in [4.78, 5) is 10.7. The first kappa shape index (κ1) is 13.4. The van der Waals surface area contributed by atoms with Crippen LogP contribution >= 0.6 is 0 Å². The van der Waals surface area contributed by atoms with Crippen LogP contribution in [-0.2, 0) is 4.79 Å². The van der Waals surface area contributed by atoms with Gasteiger partial charge in [0.05, 0.1) is 0 Å². The molecule has 18 heavy (non-hydrogen) atoms. The van der Waals surface area contributed by atoms with Crippen LogP contribution in [0.25, 0.3) is 0 Å². The first-order chi connectivity index (χ1) is 8.58. The molecule has 0 aliphatic rings. The van der Waals surface area contributed by atoms with E-state index in [1.807, 2.05) is 0 Å². The molecule has 0 amide bonds. The molecule has 1 aromatic carbocycles. The molecule has 1 aromatic rings. The van der Waals surface area contributed by atoms with Crippen LogP contribution in [0.2, 0.25) is 0 Å². The van der Waals surface area contributed by atoms with Crippen LogP contribution in [0.3, 0.4) is 0 Å². The lowest BCUT2D eigenvalue weighted by Gasteiger charge is -2.10. The number of hydrogen-bond acceptors (Lipinski definition) is 5. The summed E-state index contributed by atoms with van der Waals surface area (Å²) in [6, 6.07) is 6.73. The van der Waals surface area contributed by atoms with Crippen molar-refractivity contribution in [1.29, 1.82) is 0 Å². The van der Waals surface area contributed by atoms with Crippen molar-refractivity contribution in [3.8, 4) is 17.6 Å². The number of hydrazine groups is 1. The smallest absolute Gasteiger partial charge is 0.357 e. The van der Waals surface area contributed by atoms with Gasteiger partial charge in [0.1, 0.15) is 5.75 Å². The lowest BCUT2D eigenvalue weighted by molar-refractivity contribution is -0.132. The van der Waals surface area contributed by atoms with Crippen molar-refractivity contribution in [3.63, 3.8) is 0 Å². The first-order valence-electron chi connectivity index (χ1n) is 4.98. The SMILES string of the molecule is CC#Cc1ccc(O/C(NN)=C(/N)C(=O)O)cc1. The predicted octanol–water partition coefficient (Wildman–Crippen LogP) is 0.113. The summed E-state index contributed by atoms with van der Waals surface area (Å²) in [6.45, 7) is 1.73. The molecule has 0 bridgehead atoms. The zero-order chi connectivity index (χ0) is 13.5. The number of nitrogens with two attached hydrogens (primary N) is 2. The van der Waals surface area contributed by atoms with E-state index in [-0.39, 0.29) is 5.88 Å². The molecular formula is C12H13N3O3. The Morgan fingerprint density at radius 1 is 1.39 bits per heavy atom. The fraction of sp³-hybridized carbons (Fsp3) is 0.0833. The molecule has 6 heteroatoms. The number of carboxylic acids is 1. The number of carboxylic acid groups (broad SMARTS) is 1. The normalized spacial score (nSPS) is 10.8. The zero-order valence-electron chi connectivity index (χ0n) is 9.73. The van der Waals surface area contributed by atoms with Gasteiger partial charge >= 0.3 is 5.97 Å². The molecule has 0 aliphatic carbocycles. The van der Waals surface area contributed by atoms with E-state index >= 15 is 0 Å². The Labute approximate surface area is 104 Å². The summed E-state index contributed by atoms with van der Waals surface area (Å²) in [6.07, 6.45) is 0. The van der Waals surface area contributed by atoms with Crippen molar-refractivity contribution in [2.45, 2.75) is 6.92 Å². The van der Waals surface area contributed by atoms with Crippen LogP contribution in [-0.4, -0.2) is 11.1 Å². The largest absolute Gasteiger partial charge is 0.476 e. The third kappa shape index (κ3) is 3.43. The summed E-state index contributed by atoms with van der Waals surface area (Å²) < 4.78 is 5.21. The van der Waals surface area contributed by atoms with Gasteiger partial charge in [0.25, 0.3) is 0 Å². The molecule has 0 heterocycles. The Kier molecular flexibility index (Phi) is 4.60. The van der Waals surface area contributed by atoms with Gasteiger partial charge in [-0.15, -0.1) is 5.92 Å². The van der Waals surface area contributed by atoms with Gasteiger partial charge in [-0.1, -0.05) is 5.92 Å². The Balaban J connectivity index is 2.92. The summed E-state index contributed by atoms with van der Waals surface area (Å²) in [5, 5.41) is 8.70. The third-order valence-corrected chi connectivity index (χ3v) is 1.95. The molecule has 0 unspecified atom stereocenters. The topological polar surface area (TPSA) is 111 Å². The maximum absolute atomic E-state index is 10.7. The maximum Gasteiger partial charge on any atom is 0.357 e. The first-order valence-corrected chi connectivity index (χ1v) is 4.98. The fourth-order valence-corrected chi connectivity index (χ4v) is 1.13. The summed E-state index contributed by atoms with van der Waals surface area (Å²) >= 11 is 0. The van der Waals surface area contributed by atoms with E-state index in [9.17, 15) is 4.79 Å². The van der Waals surface area contributed by atoms with Gasteiger partial charge in [-0.05, 0) is 31.2 Å². The van der Waals surface area contributed by atoms with Gasteiger partial charge in [0.2, 0.25) is 5.88 Å². The Morgan fingerprint density at radius 2 is 2.00 bits per heavy atom. The van der Waals surface area contributed by atoms with Crippen LogP contribution in [0.4, 0.5) is 0 Å². The highest BCUT2D eigenvalue weighted by Gasteiger charge is 2.11. The number of aliphatic carboxylic acids is 1. The molecular weight excluding hydrogens is 234 g/mol. The molecule has 0 spiro atoms. The molecule has 0 aromatic heterocycles. The van der Waals surface area contributed by atoms with Crippen molar-refractivity contribution in [2.24, 2.45) is 11.6 Å². The second-order valence-electron chi connectivity index (χ2n) is 3.19. The van der Waals surface area contributed by atoms with Gasteiger partial charge in [-0.25, -0.2) is 10.6 Å². The Bertz CT molecular complexity index is 524. The van der Waals surface area contributed by atoms with Gasteiger partial charge in [0.15, 0.2) is 5.70 Å². The highest BCUT2D eigenvalue weighted by Crippen LogP contribution is 2.14. The second kappa shape index (κ2) is 6.18. The molecule has 0 saturated carbocycles. The van der Waals surface area contributed by atoms with E-state index in [0.717, 1.165) is 5.56 Å². The molecule has 0 aliphatic heterocycles. The number of hydrogen-bond donors (Lipinski definition) is 4. The van der Waals surface area contributed by atoms with Crippen LogP contribution < -0.4 is 21.7 Å².